The second-order valence-corrected chi connectivity index (χ2v) is 16.2. The summed E-state index contributed by atoms with van der Waals surface area (Å²) in [5, 5.41) is 92.4. The lowest BCUT2D eigenvalue weighted by Gasteiger charge is -2.50. The summed E-state index contributed by atoms with van der Waals surface area (Å²) in [6.45, 7) is 5.43. The van der Waals surface area contributed by atoms with Crippen LogP contribution in [0, 0.1) is 11.8 Å². The van der Waals surface area contributed by atoms with Crippen molar-refractivity contribution in [2.24, 2.45) is 17.6 Å². The van der Waals surface area contributed by atoms with E-state index in [0.29, 0.717) is 19.5 Å². The molecule has 0 radical (unpaired) electrons. The Balaban J connectivity index is 1.35. The predicted molar refractivity (Wildman–Crippen MR) is 203 cm³/mol. The number of amides is 3. The van der Waals surface area contributed by atoms with Crippen molar-refractivity contribution in [1.82, 2.24) is 16.0 Å². The van der Waals surface area contributed by atoms with Crippen LogP contribution in [-0.4, -0.2) is 221 Å². The SMILES string of the molecule is CC(=O)NC1C(OC2C(C)C(OC3C(CO)OC(OCCNC(=O)NCCCN)C4O[C@@](C)(C(=O)O)OC34)OC(CO)C2O)OC(C)C(O)C1OC1OC(CO)C(O)C(O)C1C. The minimum atomic E-state index is -2.23. The van der Waals surface area contributed by atoms with Crippen molar-refractivity contribution in [3.8, 4) is 0 Å². The van der Waals surface area contributed by atoms with Gasteiger partial charge in [-0.15, -0.1) is 0 Å². The zero-order valence-corrected chi connectivity index (χ0v) is 35.2. The molecule has 0 aromatic heterocycles. The molecule has 5 heterocycles. The van der Waals surface area contributed by atoms with E-state index in [9.17, 15) is 55.2 Å². The number of hydrogen-bond donors (Lipinski definition) is 12. The highest BCUT2D eigenvalue weighted by Gasteiger charge is 2.62. The molecule has 0 aromatic carbocycles. The number of ether oxygens (including phenoxy) is 10. The third-order valence-electron chi connectivity index (χ3n) is 11.6. The van der Waals surface area contributed by atoms with Gasteiger partial charge in [-0.25, -0.2) is 9.59 Å². The van der Waals surface area contributed by atoms with Crippen LogP contribution in [0.4, 0.5) is 4.79 Å². The molecule has 5 aliphatic heterocycles. The van der Waals surface area contributed by atoms with Crippen molar-refractivity contribution in [1.29, 1.82) is 0 Å². The van der Waals surface area contributed by atoms with Crippen LogP contribution in [-0.2, 0) is 57.0 Å². The topological polar surface area (TPSA) is 367 Å². The first kappa shape index (κ1) is 50.5. The number of aliphatic carboxylic acids is 1. The molecule has 0 bridgehead atoms. The number of nitrogens with one attached hydrogen (secondary N) is 3. The number of carbonyl (C=O) groups excluding carboxylic acids is 2. The molecule has 5 fully saturated rings. The largest absolute Gasteiger partial charge is 0.477 e. The van der Waals surface area contributed by atoms with Crippen LogP contribution in [0.3, 0.4) is 0 Å². The minimum absolute atomic E-state index is 0.00913. The van der Waals surface area contributed by atoms with E-state index in [1.807, 2.05) is 0 Å². The van der Waals surface area contributed by atoms with Gasteiger partial charge in [-0.05, 0) is 19.9 Å². The number of carboxylic acids is 1. The van der Waals surface area contributed by atoms with Gasteiger partial charge in [0.2, 0.25) is 5.91 Å². The van der Waals surface area contributed by atoms with E-state index >= 15 is 0 Å². The predicted octanol–water partition coefficient (Wildman–Crippen LogP) is -5.49. The molecule has 25 heteroatoms. The van der Waals surface area contributed by atoms with Crippen LogP contribution in [0.15, 0.2) is 0 Å². The lowest BCUT2D eigenvalue weighted by molar-refractivity contribution is -0.366. The number of aliphatic hydroxyl groups excluding tert-OH is 7. The molecule has 5 aliphatic rings. The van der Waals surface area contributed by atoms with Crippen molar-refractivity contribution in [3.63, 3.8) is 0 Å². The maximum atomic E-state index is 12.6. The zero-order chi connectivity index (χ0) is 45.6. The molecule has 3 amide bonds. The van der Waals surface area contributed by atoms with Gasteiger partial charge in [-0.3, -0.25) is 4.79 Å². The number of rotatable bonds is 18. The summed E-state index contributed by atoms with van der Waals surface area (Å²) < 4.78 is 60.3. The maximum absolute atomic E-state index is 12.6. The highest BCUT2D eigenvalue weighted by Crippen LogP contribution is 2.42. The molecular weight excluding hydrogens is 836 g/mol. The molecule has 0 saturated carbocycles. The lowest BCUT2D eigenvalue weighted by Crippen LogP contribution is -2.68. The van der Waals surface area contributed by atoms with Gasteiger partial charge in [0.05, 0.1) is 44.7 Å². The van der Waals surface area contributed by atoms with Crippen LogP contribution in [0.1, 0.15) is 41.0 Å². The molecule has 0 spiro atoms. The summed E-state index contributed by atoms with van der Waals surface area (Å²) in [6, 6.07) is -1.79. The molecule has 20 unspecified atom stereocenters. The highest BCUT2D eigenvalue weighted by atomic mass is 16.8. The van der Waals surface area contributed by atoms with E-state index < -0.39 is 166 Å². The first-order valence-corrected chi connectivity index (χ1v) is 20.7. The van der Waals surface area contributed by atoms with Gasteiger partial charge in [0.25, 0.3) is 5.79 Å². The van der Waals surface area contributed by atoms with E-state index in [1.165, 1.54) is 20.8 Å². The summed E-state index contributed by atoms with van der Waals surface area (Å²) in [4.78, 5) is 37.0. The maximum Gasteiger partial charge on any atom is 0.364 e. The average molecular weight is 901 g/mol. The van der Waals surface area contributed by atoms with Gasteiger partial charge in [0.1, 0.15) is 67.1 Å². The first-order valence-electron chi connectivity index (χ1n) is 20.7. The number of urea groups is 1. The van der Waals surface area contributed by atoms with Crippen LogP contribution in [0.25, 0.3) is 0 Å². The Morgan fingerprint density at radius 3 is 1.85 bits per heavy atom. The first-order chi connectivity index (χ1) is 29.4. The summed E-state index contributed by atoms with van der Waals surface area (Å²) >= 11 is 0. The quantitative estimate of drug-likeness (QED) is 0.0571. The smallest absolute Gasteiger partial charge is 0.364 e. The molecule has 13 N–H and O–H groups in total. The summed E-state index contributed by atoms with van der Waals surface area (Å²) in [6.07, 6.45) is -22.2. The molecule has 21 atom stereocenters. The van der Waals surface area contributed by atoms with Crippen LogP contribution >= 0.6 is 0 Å². The van der Waals surface area contributed by atoms with Crippen LogP contribution in [0.5, 0.6) is 0 Å². The summed E-state index contributed by atoms with van der Waals surface area (Å²) in [5.41, 5.74) is 5.45. The van der Waals surface area contributed by atoms with Gasteiger partial charge >= 0.3 is 12.0 Å². The lowest BCUT2D eigenvalue weighted by atomic mass is 9.90. The number of nitrogens with two attached hydrogens (primary N) is 1. The average Bonchev–Trinajstić information content (AvgIpc) is 3.61. The van der Waals surface area contributed by atoms with E-state index in [-0.39, 0.29) is 13.2 Å². The molecule has 0 aromatic rings. The summed E-state index contributed by atoms with van der Waals surface area (Å²) in [5.74, 6) is -6.18. The molecule has 0 aliphatic carbocycles. The van der Waals surface area contributed by atoms with E-state index in [1.54, 1.807) is 6.92 Å². The molecule has 358 valence electrons. The van der Waals surface area contributed by atoms with Gasteiger partial charge in [0, 0.05) is 38.8 Å². The van der Waals surface area contributed by atoms with E-state index in [4.69, 9.17) is 53.1 Å². The normalized spacial score (nSPS) is 44.6. The molecular formula is C37H64N4O21. The Kier molecular flexibility index (Phi) is 18.0. The Morgan fingerprint density at radius 1 is 0.677 bits per heavy atom. The van der Waals surface area contributed by atoms with Gasteiger partial charge in [-0.1, -0.05) is 13.8 Å². The van der Waals surface area contributed by atoms with Crippen LogP contribution in [0.2, 0.25) is 0 Å². The van der Waals surface area contributed by atoms with Crippen molar-refractivity contribution in [2.45, 2.75) is 157 Å². The second kappa shape index (κ2) is 22.1. The Labute approximate surface area is 357 Å². The highest BCUT2D eigenvalue weighted by molar-refractivity contribution is 5.75. The zero-order valence-electron chi connectivity index (χ0n) is 35.2. The number of hydrogen-bond acceptors (Lipinski definition) is 21. The van der Waals surface area contributed by atoms with E-state index in [2.05, 4.69) is 16.0 Å². The fraction of sp³-hybridized carbons (Fsp3) is 0.919. The number of carbonyl (C=O) groups is 3. The number of aliphatic hydroxyl groups is 7. The summed E-state index contributed by atoms with van der Waals surface area (Å²) in [7, 11) is 0. The van der Waals surface area contributed by atoms with Crippen LogP contribution < -0.4 is 21.7 Å². The van der Waals surface area contributed by atoms with Crippen molar-refractivity contribution >= 4 is 17.9 Å². The number of carboxylic acid groups (broad SMARTS) is 1. The third-order valence-corrected chi connectivity index (χ3v) is 11.6. The standard InChI is InChI=1S/C37H64N4O21/c1-14-22(46)24(48)18(11-42)55-31(14)60-28-21(41-17(4)45)33(54-16(3)23(28)47)58-26-15(2)32(56-19(12-43)25(26)49)59-27-20(13-44)57-34(30-29(27)61-37(5,62-30)35(50)51)53-10-9-40-36(52)39-8-6-7-38/h14-16,18-34,42-44,46-49H,6-13,38H2,1-5H3,(H,41,45)(H,50,51)(H2,39,40,52)/t14?,15?,16?,18?,19?,20?,21?,22?,23?,24?,25?,26?,27?,28?,29?,30?,31?,32?,33?,34?,37-/m0/s1. The van der Waals surface area contributed by atoms with E-state index in [0.717, 1.165) is 6.92 Å². The molecule has 5 saturated heterocycles. The monoisotopic (exact) mass is 900 g/mol. The Bertz CT molecular complexity index is 1470. The van der Waals surface area contributed by atoms with Crippen molar-refractivity contribution in [2.75, 3.05) is 46.1 Å². The van der Waals surface area contributed by atoms with Crippen molar-refractivity contribution < 1.29 is 103 Å². The fourth-order valence-electron chi connectivity index (χ4n) is 8.02. The van der Waals surface area contributed by atoms with Gasteiger partial charge in [-0.2, -0.15) is 0 Å². The fourth-order valence-corrected chi connectivity index (χ4v) is 8.02. The van der Waals surface area contributed by atoms with Gasteiger partial charge < -0.3 is 110 Å². The molecule has 62 heavy (non-hydrogen) atoms. The second-order valence-electron chi connectivity index (χ2n) is 16.2. The molecule has 5 rings (SSSR count). The minimum Gasteiger partial charge on any atom is -0.477 e. The molecule has 25 nitrogen and oxygen atoms in total. The third kappa shape index (κ3) is 11.3. The van der Waals surface area contributed by atoms with Crippen molar-refractivity contribution in [3.05, 3.63) is 0 Å². The Hall–Kier alpha value is -2.51. The van der Waals surface area contributed by atoms with Gasteiger partial charge in [0.15, 0.2) is 25.2 Å². The number of fused-ring (bicyclic) bond motifs is 1. The Morgan fingerprint density at radius 2 is 1.24 bits per heavy atom.